The molecule has 2 aromatic carbocycles. The molecule has 1 heterocycles. The monoisotopic (exact) mass is 1360 g/mol. The lowest BCUT2D eigenvalue weighted by Crippen LogP contribution is -2.62. The fourth-order valence-electron chi connectivity index (χ4n) is 10.0. The zero-order chi connectivity index (χ0) is 72.6. The lowest BCUT2D eigenvalue weighted by molar-refractivity contribution is -0.143. The van der Waals surface area contributed by atoms with Crippen molar-refractivity contribution in [2.24, 2.45) is 40.7 Å². The normalized spacial score (nSPS) is 14.9. The number of H-pyrrole nitrogens is 1. The van der Waals surface area contributed by atoms with Crippen molar-refractivity contribution in [2.75, 3.05) is 13.1 Å². The number of carbonyl (C=O) groups is 15. The van der Waals surface area contributed by atoms with Crippen LogP contribution in [0.1, 0.15) is 130 Å². The molecule has 0 fully saturated rings. The van der Waals surface area contributed by atoms with Gasteiger partial charge in [-0.25, -0.2) is 4.79 Å². The van der Waals surface area contributed by atoms with Gasteiger partial charge in [-0.2, -0.15) is 0 Å². The first kappa shape index (κ1) is 81.2. The number of carboxylic acids is 3. The maximum Gasteiger partial charge on any atom is 0.326 e. The Hall–Kier alpha value is -10.0. The van der Waals surface area contributed by atoms with Crippen LogP contribution in [0.4, 0.5) is 0 Å². The molecule has 0 aliphatic heterocycles. The summed E-state index contributed by atoms with van der Waals surface area (Å²) < 4.78 is 0. The molecule has 3 aromatic rings. The second-order valence-electron chi connectivity index (χ2n) is 24.1. The number of primary amides is 2. The number of aromatic amines is 1. The molecule has 12 atom stereocenters. The van der Waals surface area contributed by atoms with E-state index in [1.54, 1.807) is 78.1 Å². The number of hydrogen-bond donors (Lipinski definition) is 18. The highest BCUT2D eigenvalue weighted by atomic mass is 16.4. The predicted octanol–water partition coefficient (Wildman–Crippen LogP) is -2.41. The number of aromatic nitrogens is 1. The molecule has 0 bridgehead atoms. The van der Waals surface area contributed by atoms with Crippen molar-refractivity contribution < 1.29 is 87.2 Å². The molecule has 0 spiro atoms. The van der Waals surface area contributed by atoms with Gasteiger partial charge in [0.2, 0.25) is 70.9 Å². The first-order chi connectivity index (χ1) is 45.8. The van der Waals surface area contributed by atoms with Crippen molar-refractivity contribution in [3.05, 3.63) is 71.9 Å². The second-order valence-corrected chi connectivity index (χ2v) is 24.1. The SMILES string of the molecule is CC[C@H](C)[C@H](NC(=O)[C@@H](NC(=O)[C@H](CCCCN)NC(=O)[C@H](CCC(N)=O)NC(=O)[C@@H](NC(=O)[C@@H](N)Cc1c[nH]c2ccccc12)[C@@H](C)CC)C(C)C)C(=O)N[C@@H](CC(=O)O)C(=O)N[C@@H](CCC(N)=O)C(=O)N[C@@H](Cc1ccccc1)C(=O)NCC(=O)N[C@@H](CCC(=O)O)C(=O)O. The highest BCUT2D eigenvalue weighted by Crippen LogP contribution is 2.20. The molecule has 534 valence electrons. The number of aliphatic carboxylic acids is 3. The number of amides is 12. The molecule has 33 nitrogen and oxygen atoms in total. The molecule has 33 heteroatoms. The number of fused-ring (bicyclic) bond motifs is 1. The van der Waals surface area contributed by atoms with E-state index in [0.717, 1.165) is 16.5 Å². The van der Waals surface area contributed by atoms with E-state index in [1.807, 2.05) is 24.3 Å². The Kier molecular flexibility index (Phi) is 34.3. The van der Waals surface area contributed by atoms with E-state index < -0.39 is 212 Å². The number of unbranched alkanes of at least 4 members (excludes halogenated alkanes) is 1. The summed E-state index contributed by atoms with van der Waals surface area (Å²) >= 11 is 0. The van der Waals surface area contributed by atoms with E-state index in [4.69, 9.17) is 28.0 Å². The Bertz CT molecular complexity index is 3240. The van der Waals surface area contributed by atoms with Crippen LogP contribution in [-0.2, 0) is 84.8 Å². The highest BCUT2D eigenvalue weighted by molar-refractivity contribution is 6.00. The summed E-state index contributed by atoms with van der Waals surface area (Å²) in [7, 11) is 0. The number of nitrogens with two attached hydrogens (primary N) is 4. The van der Waals surface area contributed by atoms with Crippen LogP contribution < -0.4 is 76.1 Å². The zero-order valence-electron chi connectivity index (χ0n) is 55.4. The van der Waals surface area contributed by atoms with Crippen molar-refractivity contribution in [3.8, 4) is 0 Å². The van der Waals surface area contributed by atoms with Crippen molar-refractivity contribution in [2.45, 2.75) is 192 Å². The number of hydrogen-bond acceptors (Lipinski definition) is 17. The summed E-state index contributed by atoms with van der Waals surface area (Å²) in [6, 6.07) is 0.251. The van der Waals surface area contributed by atoms with Gasteiger partial charge in [-0.05, 0) is 86.4 Å². The largest absolute Gasteiger partial charge is 0.481 e. The van der Waals surface area contributed by atoms with Crippen LogP contribution in [0.5, 0.6) is 0 Å². The van der Waals surface area contributed by atoms with E-state index in [1.165, 1.54) is 0 Å². The third kappa shape index (κ3) is 28.1. The number of nitrogens with one attached hydrogen (secondary N) is 11. The van der Waals surface area contributed by atoms with Gasteiger partial charge in [0, 0.05) is 42.8 Å². The van der Waals surface area contributed by atoms with E-state index in [2.05, 4.69) is 58.2 Å². The smallest absolute Gasteiger partial charge is 0.326 e. The molecule has 0 aliphatic carbocycles. The van der Waals surface area contributed by atoms with Crippen molar-refractivity contribution in [1.29, 1.82) is 0 Å². The highest BCUT2D eigenvalue weighted by Gasteiger charge is 2.38. The fourth-order valence-corrected chi connectivity index (χ4v) is 10.0. The maximum atomic E-state index is 14.4. The first-order valence-electron chi connectivity index (χ1n) is 32.1. The Morgan fingerprint density at radius 2 is 0.938 bits per heavy atom. The zero-order valence-corrected chi connectivity index (χ0v) is 55.4. The molecule has 3 rings (SSSR count). The van der Waals surface area contributed by atoms with Gasteiger partial charge < -0.3 is 96.4 Å². The molecule has 0 aliphatic rings. The maximum absolute atomic E-state index is 14.4. The standard InChI is InChI=1S/C64H95N15O18/c1-7-34(5)53(78-55(87)39(66)29-37-31-69-40-19-13-12-18-38(37)40)62(94)74-43(22-25-48(68)81)57(89)72-41(20-14-15-27-65)59(91)77-52(33(3)4)61(93)79-54(35(6)8-2)63(95)76-46(30-51(85)86)60(92)73-42(21-24-47(67)80)58(90)75-45(28-36-16-10-9-11-17-36)56(88)70-32-49(82)71-44(64(96)97)23-26-50(83)84/h9-13,16-19,31,33-35,39,41-46,52-54,69H,7-8,14-15,20-30,32,65-66H2,1-6H3,(H2,67,80)(H2,68,81)(H,70,88)(H,71,82)(H,72,89)(H,73,92)(H,74,94)(H,75,90)(H,76,95)(H,77,91)(H,78,87)(H,79,93)(H,83,84)(H,85,86)(H,96,97)/t34-,35-,39-,41-,42-,43-,44-,45-,46-,52-,53-,54-/m0/s1. The van der Waals surface area contributed by atoms with Crippen LogP contribution in [-0.4, -0.2) is 183 Å². The number of rotatable bonds is 45. The van der Waals surface area contributed by atoms with E-state index in [0.29, 0.717) is 18.4 Å². The Morgan fingerprint density at radius 1 is 0.474 bits per heavy atom. The summed E-state index contributed by atoms with van der Waals surface area (Å²) in [5, 5.41) is 54.0. The van der Waals surface area contributed by atoms with Gasteiger partial charge in [0.15, 0.2) is 0 Å². The van der Waals surface area contributed by atoms with Crippen LogP contribution in [0.3, 0.4) is 0 Å². The van der Waals surface area contributed by atoms with Gasteiger partial charge >= 0.3 is 17.9 Å². The summed E-state index contributed by atoms with van der Waals surface area (Å²) in [6.07, 6.45) is -1.31. The number of carboxylic acid groups (broad SMARTS) is 3. The van der Waals surface area contributed by atoms with Crippen LogP contribution in [0.2, 0.25) is 0 Å². The lowest BCUT2D eigenvalue weighted by Gasteiger charge is -2.31. The van der Waals surface area contributed by atoms with Crippen LogP contribution in [0, 0.1) is 17.8 Å². The summed E-state index contributed by atoms with van der Waals surface area (Å²) in [4.78, 5) is 202. The molecular weight excluding hydrogens is 1270 g/mol. The molecular formula is C64H95N15O18. The van der Waals surface area contributed by atoms with Crippen LogP contribution in [0.25, 0.3) is 10.9 Å². The minimum Gasteiger partial charge on any atom is -0.481 e. The summed E-state index contributed by atoms with van der Waals surface area (Å²) in [5.74, 6) is -18.1. The molecule has 0 radical (unpaired) electrons. The minimum absolute atomic E-state index is 0.0605. The third-order valence-electron chi connectivity index (χ3n) is 16.1. The van der Waals surface area contributed by atoms with Crippen molar-refractivity contribution in [1.82, 2.24) is 58.2 Å². The number of carbonyl (C=O) groups excluding carboxylic acids is 12. The molecule has 0 unspecified atom stereocenters. The molecule has 0 saturated carbocycles. The van der Waals surface area contributed by atoms with Crippen LogP contribution in [0.15, 0.2) is 60.8 Å². The third-order valence-corrected chi connectivity index (χ3v) is 16.1. The van der Waals surface area contributed by atoms with Gasteiger partial charge in [0.1, 0.15) is 54.4 Å². The quantitative estimate of drug-likeness (QED) is 0.0262. The molecule has 0 saturated heterocycles. The van der Waals surface area contributed by atoms with E-state index in [-0.39, 0.29) is 45.1 Å². The topological polar surface area (TPSA) is 557 Å². The molecule has 1 aromatic heterocycles. The van der Waals surface area contributed by atoms with Crippen molar-refractivity contribution >= 4 is 99.7 Å². The number of para-hydroxylation sites is 1. The van der Waals surface area contributed by atoms with E-state index in [9.17, 15) is 82.1 Å². The average molecular weight is 1360 g/mol. The molecule has 22 N–H and O–H groups in total. The fraction of sp³-hybridized carbons (Fsp3) is 0.547. The lowest BCUT2D eigenvalue weighted by atomic mass is 9.95. The average Bonchev–Trinajstić information content (AvgIpc) is 1.80. The molecule has 12 amide bonds. The predicted molar refractivity (Wildman–Crippen MR) is 351 cm³/mol. The van der Waals surface area contributed by atoms with Crippen molar-refractivity contribution in [3.63, 3.8) is 0 Å². The summed E-state index contributed by atoms with van der Waals surface area (Å²) in [5.41, 5.74) is 25.1. The second kappa shape index (κ2) is 41.0. The molecule has 97 heavy (non-hydrogen) atoms. The van der Waals surface area contributed by atoms with Gasteiger partial charge in [-0.3, -0.25) is 67.1 Å². The summed E-state index contributed by atoms with van der Waals surface area (Å²) in [6.45, 7) is 9.13. The Labute approximate surface area is 560 Å². The number of benzene rings is 2. The minimum atomic E-state index is -2.00. The van der Waals surface area contributed by atoms with E-state index >= 15 is 0 Å². The first-order valence-corrected chi connectivity index (χ1v) is 32.1. The van der Waals surface area contributed by atoms with Gasteiger partial charge in [0.05, 0.1) is 19.0 Å². The van der Waals surface area contributed by atoms with Gasteiger partial charge in [-0.15, -0.1) is 0 Å². The van der Waals surface area contributed by atoms with Gasteiger partial charge in [-0.1, -0.05) is 103 Å². The Balaban J connectivity index is 1.87. The van der Waals surface area contributed by atoms with Gasteiger partial charge in [0.25, 0.3) is 0 Å². The van der Waals surface area contributed by atoms with Crippen LogP contribution >= 0.6 is 0 Å². The Morgan fingerprint density at radius 3 is 1.45 bits per heavy atom.